The number of fused-ring (bicyclic) bond motifs is 1. The van der Waals surface area contributed by atoms with Crippen molar-refractivity contribution in [1.29, 1.82) is 0 Å². The second-order valence-corrected chi connectivity index (χ2v) is 7.44. The normalized spacial score (nSPS) is 13.6. The Bertz CT molecular complexity index is 1030. The summed E-state index contributed by atoms with van der Waals surface area (Å²) in [6, 6.07) is 9.72. The zero-order chi connectivity index (χ0) is 22.4. The van der Waals surface area contributed by atoms with E-state index in [2.05, 4.69) is 20.8 Å². The molecule has 2 heterocycles. The molecule has 0 unspecified atom stereocenters. The van der Waals surface area contributed by atoms with E-state index < -0.39 is 11.7 Å². The Kier molecular flexibility index (Phi) is 7.33. The molecule has 0 amide bonds. The first-order valence-electron chi connectivity index (χ1n) is 10.2. The van der Waals surface area contributed by atoms with E-state index in [0.717, 1.165) is 22.5 Å². The third-order valence-electron chi connectivity index (χ3n) is 5.33. The predicted octanol–water partition coefficient (Wildman–Crippen LogP) is 5.26. The first-order valence-corrected chi connectivity index (χ1v) is 10.2. The zero-order valence-electron chi connectivity index (χ0n) is 17.9. The highest BCUT2D eigenvalue weighted by atomic mass is 19.4. The van der Waals surface area contributed by atoms with Crippen LogP contribution in [0, 0.1) is 13.8 Å². The number of halogens is 3. The summed E-state index contributed by atoms with van der Waals surface area (Å²) in [6.45, 7) is 6.03. The lowest BCUT2D eigenvalue weighted by molar-refractivity contribution is -0.138. The molecule has 0 spiro atoms. The van der Waals surface area contributed by atoms with E-state index in [0.29, 0.717) is 17.1 Å². The van der Waals surface area contributed by atoms with E-state index in [-0.39, 0.29) is 12.1 Å². The molecule has 2 aromatic carbocycles. The van der Waals surface area contributed by atoms with Gasteiger partial charge < -0.3 is 15.4 Å². The molecule has 1 aliphatic heterocycles. The van der Waals surface area contributed by atoms with Crippen molar-refractivity contribution in [3.05, 3.63) is 58.8 Å². The maximum Gasteiger partial charge on any atom is 0.416 e. The van der Waals surface area contributed by atoms with Crippen LogP contribution in [0.4, 0.5) is 19.0 Å². The molecule has 1 saturated heterocycles. The van der Waals surface area contributed by atoms with Gasteiger partial charge in [0.25, 0.3) is 0 Å². The Balaban J connectivity index is 0.000000478. The maximum atomic E-state index is 13.1. The van der Waals surface area contributed by atoms with Crippen LogP contribution in [-0.2, 0) is 12.7 Å². The summed E-state index contributed by atoms with van der Waals surface area (Å²) in [4.78, 5) is 0. The van der Waals surface area contributed by atoms with E-state index in [1.807, 2.05) is 25.1 Å². The molecule has 1 fully saturated rings. The maximum absolute atomic E-state index is 13.1. The van der Waals surface area contributed by atoms with Crippen molar-refractivity contribution in [2.75, 3.05) is 25.5 Å². The smallest absolute Gasteiger partial charge is 0.416 e. The monoisotopic (exact) mass is 432 g/mol. The number of alkyl halides is 3. The number of nitrogens with zero attached hydrogens (tertiary/aromatic N) is 2. The number of ether oxygens (including phenoxy) is 1. The fraction of sp³-hybridized carbons (Fsp3) is 0.391. The van der Waals surface area contributed by atoms with Crippen LogP contribution in [-0.4, -0.2) is 30.4 Å². The van der Waals surface area contributed by atoms with Crippen LogP contribution in [0.15, 0.2) is 36.4 Å². The van der Waals surface area contributed by atoms with Gasteiger partial charge in [0.2, 0.25) is 0 Å². The first kappa shape index (κ1) is 22.8. The summed E-state index contributed by atoms with van der Waals surface area (Å²) in [5, 5.41) is 16.3. The Hall–Kier alpha value is -2.87. The third kappa shape index (κ3) is 5.64. The summed E-state index contributed by atoms with van der Waals surface area (Å²) in [5.41, 5.74) is 0.898. The highest BCUT2D eigenvalue weighted by Gasteiger charge is 2.32. The van der Waals surface area contributed by atoms with Crippen LogP contribution in [0.3, 0.4) is 0 Å². The average molecular weight is 432 g/mol. The van der Waals surface area contributed by atoms with Gasteiger partial charge in [-0.1, -0.05) is 12.1 Å². The topological polar surface area (TPSA) is 59.1 Å². The molecular weight excluding hydrogens is 405 g/mol. The van der Waals surface area contributed by atoms with Crippen molar-refractivity contribution >= 4 is 16.6 Å². The van der Waals surface area contributed by atoms with Gasteiger partial charge in [-0.25, -0.2) is 0 Å². The van der Waals surface area contributed by atoms with Crippen LogP contribution in [0.2, 0.25) is 0 Å². The number of nitrogens with one attached hydrogen (secondary N) is 2. The molecule has 5 nitrogen and oxygen atoms in total. The molecule has 166 valence electrons. The van der Waals surface area contributed by atoms with Gasteiger partial charge in [0.05, 0.1) is 18.4 Å². The standard InChI is InChI=1S/C19H18F3N3O.C4H9N/c1-11-13(5-4-6-17(11)19(20,21)22)10-23-18-16-9-14(26-3)7-8-15(16)12(2)24-25-18;1-2-4-5-3-1/h4-9H,10H2,1-3H3,(H,23,25);5H,1-4H2. The lowest BCUT2D eigenvalue weighted by Crippen LogP contribution is -2.11. The number of hydrogen-bond acceptors (Lipinski definition) is 5. The van der Waals surface area contributed by atoms with E-state index in [1.165, 1.54) is 38.9 Å². The fourth-order valence-corrected chi connectivity index (χ4v) is 3.51. The second-order valence-electron chi connectivity index (χ2n) is 7.44. The summed E-state index contributed by atoms with van der Waals surface area (Å²) in [7, 11) is 1.57. The van der Waals surface area contributed by atoms with Crippen molar-refractivity contribution < 1.29 is 17.9 Å². The van der Waals surface area contributed by atoms with E-state index >= 15 is 0 Å². The Morgan fingerprint density at radius 3 is 2.39 bits per heavy atom. The van der Waals surface area contributed by atoms with Gasteiger partial charge in [0.15, 0.2) is 5.82 Å². The minimum Gasteiger partial charge on any atom is -0.497 e. The number of hydrogen-bond donors (Lipinski definition) is 2. The molecule has 0 radical (unpaired) electrons. The van der Waals surface area contributed by atoms with Crippen molar-refractivity contribution in [2.45, 2.75) is 39.4 Å². The Labute approximate surface area is 180 Å². The van der Waals surface area contributed by atoms with E-state index in [9.17, 15) is 13.2 Å². The minimum atomic E-state index is -4.37. The molecule has 0 aliphatic carbocycles. The van der Waals surface area contributed by atoms with Gasteiger partial charge in [0.1, 0.15) is 5.75 Å². The number of rotatable bonds is 4. The molecule has 2 N–H and O–H groups in total. The number of anilines is 1. The number of methoxy groups -OCH3 is 1. The highest BCUT2D eigenvalue weighted by molar-refractivity contribution is 5.94. The zero-order valence-corrected chi connectivity index (χ0v) is 17.9. The van der Waals surface area contributed by atoms with Crippen molar-refractivity contribution in [2.24, 2.45) is 0 Å². The molecule has 4 rings (SSSR count). The van der Waals surface area contributed by atoms with E-state index in [1.54, 1.807) is 13.2 Å². The van der Waals surface area contributed by atoms with Crippen LogP contribution < -0.4 is 15.4 Å². The second kappa shape index (κ2) is 9.96. The van der Waals surface area contributed by atoms with Gasteiger partial charge in [-0.3, -0.25) is 0 Å². The summed E-state index contributed by atoms with van der Waals surface area (Å²) < 4.78 is 44.5. The van der Waals surface area contributed by atoms with E-state index in [4.69, 9.17) is 4.74 Å². The SMILES string of the molecule is C1CCNC1.COc1ccc2c(C)nnc(NCc3cccc(C(F)(F)F)c3C)c2c1. The van der Waals surface area contributed by atoms with Crippen molar-refractivity contribution in [3.8, 4) is 5.75 Å². The van der Waals surface area contributed by atoms with Gasteiger partial charge in [-0.05, 0) is 75.2 Å². The fourth-order valence-electron chi connectivity index (χ4n) is 3.51. The first-order chi connectivity index (χ1) is 14.8. The Morgan fingerprint density at radius 1 is 1.03 bits per heavy atom. The van der Waals surface area contributed by atoms with Gasteiger partial charge in [0, 0.05) is 17.3 Å². The molecule has 1 aliphatic rings. The lowest BCUT2D eigenvalue weighted by atomic mass is 10.0. The predicted molar refractivity (Wildman–Crippen MR) is 116 cm³/mol. The van der Waals surface area contributed by atoms with Crippen LogP contribution in [0.1, 0.15) is 35.2 Å². The molecule has 3 aromatic rings. The molecule has 1 aromatic heterocycles. The molecule has 31 heavy (non-hydrogen) atoms. The summed E-state index contributed by atoms with van der Waals surface area (Å²) in [6.07, 6.45) is -1.59. The van der Waals surface area contributed by atoms with Crippen molar-refractivity contribution in [3.63, 3.8) is 0 Å². The lowest BCUT2D eigenvalue weighted by Gasteiger charge is -2.15. The van der Waals surface area contributed by atoms with Gasteiger partial charge >= 0.3 is 6.18 Å². The number of benzene rings is 2. The highest BCUT2D eigenvalue weighted by Crippen LogP contribution is 2.33. The van der Waals surface area contributed by atoms with Gasteiger partial charge in [-0.2, -0.15) is 18.3 Å². The van der Waals surface area contributed by atoms with Crippen molar-refractivity contribution in [1.82, 2.24) is 15.5 Å². The number of aryl methyl sites for hydroxylation is 1. The summed E-state index contributed by atoms with van der Waals surface area (Å²) >= 11 is 0. The molecule has 8 heteroatoms. The molecule has 0 saturated carbocycles. The molecule has 0 bridgehead atoms. The largest absolute Gasteiger partial charge is 0.497 e. The minimum absolute atomic E-state index is 0.203. The van der Waals surface area contributed by atoms with Crippen LogP contribution >= 0.6 is 0 Å². The Morgan fingerprint density at radius 2 is 1.77 bits per heavy atom. The number of aromatic nitrogens is 2. The summed E-state index contributed by atoms with van der Waals surface area (Å²) in [5.74, 6) is 1.17. The molecule has 0 atom stereocenters. The molecular formula is C23H27F3N4O. The average Bonchev–Trinajstić information content (AvgIpc) is 3.33. The van der Waals surface area contributed by atoms with Gasteiger partial charge in [-0.15, -0.1) is 5.10 Å². The third-order valence-corrected chi connectivity index (χ3v) is 5.33. The van der Waals surface area contributed by atoms with Crippen LogP contribution in [0.5, 0.6) is 5.75 Å². The quantitative estimate of drug-likeness (QED) is 0.589. The van der Waals surface area contributed by atoms with Crippen LogP contribution in [0.25, 0.3) is 10.8 Å².